The Balaban J connectivity index is 2.26. The number of phenols is 1. The number of aromatic hydroxyl groups is 1. The van der Waals surface area contributed by atoms with Crippen LogP contribution in [0.1, 0.15) is 25.6 Å². The predicted molar refractivity (Wildman–Crippen MR) is 80.4 cm³/mol. The highest BCUT2D eigenvalue weighted by Crippen LogP contribution is 2.28. The molecule has 1 aromatic heterocycles. The topological polar surface area (TPSA) is 84.9 Å². The number of amidine groups is 1. The van der Waals surface area contributed by atoms with Gasteiger partial charge in [-0.15, -0.1) is 11.3 Å². The molecule has 0 unspecified atom stereocenters. The first kappa shape index (κ1) is 14.3. The van der Waals surface area contributed by atoms with E-state index in [4.69, 9.17) is 10.5 Å². The summed E-state index contributed by atoms with van der Waals surface area (Å²) in [7, 11) is 0. The van der Waals surface area contributed by atoms with Gasteiger partial charge in [0.1, 0.15) is 17.2 Å². The van der Waals surface area contributed by atoms with Gasteiger partial charge < -0.3 is 15.6 Å². The van der Waals surface area contributed by atoms with Crippen LogP contribution in [0.15, 0.2) is 29.3 Å². The average Bonchev–Trinajstić information content (AvgIpc) is 2.68. The van der Waals surface area contributed by atoms with Crippen LogP contribution in [0.4, 0.5) is 4.79 Å². The van der Waals surface area contributed by atoms with Crippen LogP contribution in [0.25, 0.3) is 10.1 Å². The molecule has 1 amide bonds. The number of aliphatic imine (C=N–C) groups is 1. The summed E-state index contributed by atoms with van der Waals surface area (Å²) in [6.45, 7) is 5.29. The molecule has 106 valence electrons. The zero-order chi connectivity index (χ0) is 14.9. The maximum atomic E-state index is 11.6. The number of fused-ring (bicyclic) bond motifs is 1. The van der Waals surface area contributed by atoms with Crippen molar-refractivity contribution < 1.29 is 14.6 Å². The van der Waals surface area contributed by atoms with Crippen molar-refractivity contribution in [1.82, 2.24) is 0 Å². The van der Waals surface area contributed by atoms with Crippen LogP contribution < -0.4 is 5.73 Å². The number of nitrogens with two attached hydrogens (primary N) is 1. The highest BCUT2D eigenvalue weighted by Gasteiger charge is 2.16. The van der Waals surface area contributed by atoms with Gasteiger partial charge in [0.15, 0.2) is 0 Å². The fourth-order valence-electron chi connectivity index (χ4n) is 1.58. The van der Waals surface area contributed by atoms with Crippen LogP contribution >= 0.6 is 11.3 Å². The summed E-state index contributed by atoms with van der Waals surface area (Å²) in [6.07, 6.45) is -0.713. The van der Waals surface area contributed by atoms with E-state index in [9.17, 15) is 9.90 Å². The Hall–Kier alpha value is -2.08. The standard InChI is InChI=1S/C14H16N2O3S/c1-14(2,3)19-13(18)16-12(15)11-6-8-4-5-9(17)7-10(8)20-11/h4-7,17H,1-3H3,(H2,15,16,18). The maximum absolute atomic E-state index is 11.6. The van der Waals surface area contributed by atoms with Gasteiger partial charge >= 0.3 is 6.09 Å². The summed E-state index contributed by atoms with van der Waals surface area (Å²) in [5.74, 6) is 0.300. The van der Waals surface area contributed by atoms with Crippen molar-refractivity contribution in [2.75, 3.05) is 0 Å². The first-order valence-corrected chi connectivity index (χ1v) is 6.86. The Labute approximate surface area is 120 Å². The fraction of sp³-hybridized carbons (Fsp3) is 0.286. The molecule has 1 aromatic carbocycles. The van der Waals surface area contributed by atoms with Crippen LogP contribution in [-0.2, 0) is 4.74 Å². The summed E-state index contributed by atoms with van der Waals surface area (Å²) in [6, 6.07) is 6.85. The monoisotopic (exact) mass is 292 g/mol. The van der Waals surface area contributed by atoms with E-state index in [1.54, 1.807) is 39.0 Å². The van der Waals surface area contributed by atoms with E-state index < -0.39 is 11.7 Å². The van der Waals surface area contributed by atoms with Gasteiger partial charge in [0, 0.05) is 4.70 Å². The number of amides is 1. The van der Waals surface area contributed by atoms with Crippen molar-refractivity contribution in [1.29, 1.82) is 0 Å². The number of phenolic OH excluding ortho intramolecular Hbond substituents is 1. The Bertz CT molecular complexity index is 683. The third-order valence-corrected chi connectivity index (χ3v) is 3.48. The van der Waals surface area contributed by atoms with Gasteiger partial charge in [-0.1, -0.05) is 0 Å². The molecule has 0 atom stereocenters. The Morgan fingerprint density at radius 3 is 2.70 bits per heavy atom. The molecule has 0 aliphatic heterocycles. The Morgan fingerprint density at radius 1 is 1.35 bits per heavy atom. The minimum Gasteiger partial charge on any atom is -0.508 e. The summed E-state index contributed by atoms with van der Waals surface area (Å²) in [5.41, 5.74) is 5.21. The third kappa shape index (κ3) is 3.48. The number of hydrogen-bond donors (Lipinski definition) is 2. The molecule has 0 saturated heterocycles. The van der Waals surface area contributed by atoms with Crippen molar-refractivity contribution in [3.05, 3.63) is 29.1 Å². The number of nitrogens with zero attached hydrogens (tertiary/aromatic N) is 1. The second-order valence-electron chi connectivity index (χ2n) is 5.31. The molecule has 0 bridgehead atoms. The average molecular weight is 292 g/mol. The zero-order valence-corrected chi connectivity index (χ0v) is 12.3. The van der Waals surface area contributed by atoms with E-state index >= 15 is 0 Å². The van der Waals surface area contributed by atoms with Crippen molar-refractivity contribution in [3.63, 3.8) is 0 Å². The molecule has 2 aromatic rings. The van der Waals surface area contributed by atoms with Crippen molar-refractivity contribution in [3.8, 4) is 5.75 Å². The lowest BCUT2D eigenvalue weighted by Gasteiger charge is -2.17. The molecule has 5 nitrogen and oxygen atoms in total. The van der Waals surface area contributed by atoms with Gasteiger partial charge in [-0.3, -0.25) is 0 Å². The van der Waals surface area contributed by atoms with Crippen LogP contribution in [0.2, 0.25) is 0 Å². The van der Waals surface area contributed by atoms with Gasteiger partial charge in [-0.05, 0) is 50.4 Å². The minimum absolute atomic E-state index is 0.111. The Kier molecular flexibility index (Phi) is 3.67. The molecule has 0 radical (unpaired) electrons. The summed E-state index contributed by atoms with van der Waals surface area (Å²) in [5, 5.41) is 10.4. The van der Waals surface area contributed by atoms with Crippen LogP contribution in [0, 0.1) is 0 Å². The fourth-order valence-corrected chi connectivity index (χ4v) is 2.58. The van der Waals surface area contributed by atoms with Crippen molar-refractivity contribution in [2.45, 2.75) is 26.4 Å². The van der Waals surface area contributed by atoms with Gasteiger partial charge in [-0.2, -0.15) is 4.99 Å². The molecule has 0 saturated carbocycles. The number of benzene rings is 1. The highest BCUT2D eigenvalue weighted by molar-refractivity contribution is 7.20. The summed E-state index contributed by atoms with van der Waals surface area (Å²) < 4.78 is 5.96. The molecule has 0 aliphatic carbocycles. The van der Waals surface area contributed by atoms with Crippen LogP contribution in [0.5, 0.6) is 5.75 Å². The number of ether oxygens (including phenoxy) is 1. The second-order valence-corrected chi connectivity index (χ2v) is 6.39. The van der Waals surface area contributed by atoms with E-state index in [0.717, 1.165) is 10.1 Å². The first-order valence-electron chi connectivity index (χ1n) is 6.05. The number of carbonyl (C=O) groups is 1. The summed E-state index contributed by atoms with van der Waals surface area (Å²) >= 11 is 1.36. The quantitative estimate of drug-likeness (QED) is 0.624. The van der Waals surface area contributed by atoms with E-state index in [2.05, 4.69) is 4.99 Å². The zero-order valence-electron chi connectivity index (χ0n) is 11.5. The molecule has 6 heteroatoms. The molecular weight excluding hydrogens is 276 g/mol. The molecule has 20 heavy (non-hydrogen) atoms. The lowest BCUT2D eigenvalue weighted by atomic mass is 10.2. The second kappa shape index (κ2) is 5.13. The number of hydrogen-bond acceptors (Lipinski definition) is 4. The smallest absolute Gasteiger partial charge is 0.436 e. The Morgan fingerprint density at radius 2 is 2.05 bits per heavy atom. The first-order chi connectivity index (χ1) is 9.24. The van der Waals surface area contributed by atoms with Crippen molar-refractivity contribution >= 4 is 33.4 Å². The normalized spacial score (nSPS) is 12.7. The van der Waals surface area contributed by atoms with Gasteiger partial charge in [0.2, 0.25) is 0 Å². The minimum atomic E-state index is -0.713. The lowest BCUT2D eigenvalue weighted by Crippen LogP contribution is -2.24. The molecule has 0 spiro atoms. The molecule has 2 rings (SSSR count). The largest absolute Gasteiger partial charge is 0.508 e. The third-order valence-electron chi connectivity index (χ3n) is 2.36. The van der Waals surface area contributed by atoms with Crippen LogP contribution in [0.3, 0.4) is 0 Å². The van der Waals surface area contributed by atoms with E-state index in [-0.39, 0.29) is 11.6 Å². The molecule has 3 N–H and O–H groups in total. The van der Waals surface area contributed by atoms with E-state index in [1.807, 2.05) is 6.07 Å². The van der Waals surface area contributed by atoms with Crippen LogP contribution in [-0.4, -0.2) is 22.6 Å². The lowest BCUT2D eigenvalue weighted by molar-refractivity contribution is 0.0604. The summed E-state index contributed by atoms with van der Waals surface area (Å²) in [4.78, 5) is 16.0. The predicted octanol–water partition coefficient (Wildman–Crippen LogP) is 3.25. The molecule has 0 fully saturated rings. The molecule has 1 heterocycles. The number of carbonyl (C=O) groups excluding carboxylic acids is 1. The van der Waals surface area contributed by atoms with E-state index in [1.165, 1.54) is 11.3 Å². The molecular formula is C14H16N2O3S. The van der Waals surface area contributed by atoms with E-state index in [0.29, 0.717) is 4.88 Å². The molecule has 0 aliphatic rings. The number of thiophene rings is 1. The van der Waals surface area contributed by atoms with Gasteiger partial charge in [0.05, 0.1) is 4.88 Å². The SMILES string of the molecule is CC(C)(C)OC(=O)/N=C(\N)c1cc2ccc(O)cc2s1. The van der Waals surface area contributed by atoms with Gasteiger partial charge in [0.25, 0.3) is 0 Å². The van der Waals surface area contributed by atoms with Gasteiger partial charge in [-0.25, -0.2) is 4.79 Å². The number of rotatable bonds is 1. The maximum Gasteiger partial charge on any atom is 0.436 e. The van der Waals surface area contributed by atoms with Crippen molar-refractivity contribution in [2.24, 2.45) is 10.7 Å². The highest BCUT2D eigenvalue weighted by atomic mass is 32.1.